The number of aryl methyl sites for hydroxylation is 1. The second-order valence-corrected chi connectivity index (χ2v) is 9.23. The third-order valence-corrected chi connectivity index (χ3v) is 6.92. The molecule has 0 bridgehead atoms. The summed E-state index contributed by atoms with van der Waals surface area (Å²) in [4.78, 5) is 17.5. The highest BCUT2D eigenvalue weighted by molar-refractivity contribution is 7.14. The highest BCUT2D eigenvalue weighted by Gasteiger charge is 2.32. The van der Waals surface area contributed by atoms with Crippen molar-refractivity contribution in [1.29, 1.82) is 0 Å². The number of aromatic nitrogens is 1. The van der Waals surface area contributed by atoms with Gasteiger partial charge in [0.1, 0.15) is 5.58 Å². The number of fused-ring (bicyclic) bond motifs is 1. The van der Waals surface area contributed by atoms with Crippen LogP contribution in [0.15, 0.2) is 105 Å². The highest BCUT2D eigenvalue weighted by Crippen LogP contribution is 2.39. The molecule has 0 spiro atoms. The van der Waals surface area contributed by atoms with Gasteiger partial charge in [0.15, 0.2) is 0 Å². The van der Waals surface area contributed by atoms with Crippen LogP contribution in [0.4, 0.5) is 5.13 Å². The van der Waals surface area contributed by atoms with E-state index in [2.05, 4.69) is 43.3 Å². The monoisotopic (exact) mass is 463 g/mol. The van der Waals surface area contributed by atoms with Gasteiger partial charge in [-0.1, -0.05) is 78.4 Å². The molecule has 2 aromatic heterocycles. The Kier molecular flexibility index (Phi) is 5.08. The topological polar surface area (TPSA) is 58.7 Å². The minimum atomic E-state index is -0.388. The molecule has 5 aromatic rings. The molecule has 0 N–H and O–H groups in total. The molecule has 166 valence electrons. The predicted octanol–water partition coefficient (Wildman–Crippen LogP) is 6.58. The number of hydrogen-bond acceptors (Lipinski definition) is 6. The molecule has 3 heterocycles. The molecule has 6 heteroatoms. The van der Waals surface area contributed by atoms with Crippen molar-refractivity contribution < 1.29 is 4.42 Å². The van der Waals surface area contributed by atoms with E-state index < -0.39 is 0 Å². The number of thiazole rings is 1. The number of benzene rings is 3. The van der Waals surface area contributed by atoms with Crippen LogP contribution in [-0.2, 0) is 0 Å². The first-order valence-corrected chi connectivity index (χ1v) is 12.0. The molecule has 1 atom stereocenters. The maximum atomic E-state index is 12.7. The zero-order chi connectivity index (χ0) is 23.1. The fourth-order valence-corrected chi connectivity index (χ4v) is 5.10. The molecule has 3 aromatic carbocycles. The van der Waals surface area contributed by atoms with Crippen LogP contribution >= 0.6 is 11.3 Å². The normalized spacial score (nSPS) is 15.6. The summed E-state index contributed by atoms with van der Waals surface area (Å²) in [6, 6.07) is 28.2. The van der Waals surface area contributed by atoms with Gasteiger partial charge < -0.3 is 4.42 Å². The molecule has 0 aliphatic carbocycles. The first kappa shape index (κ1) is 20.6. The summed E-state index contributed by atoms with van der Waals surface area (Å²) in [6.07, 6.45) is 0.778. The standard InChI is InChI=1S/C28H21N3O2S/c1-18-11-13-20(14-12-18)25-16-23(19-7-3-2-4-8-19)30-31(25)28-29-24(17-34-28)22-15-21-9-5-6-10-26(21)33-27(22)32/h2-15,17,25H,16H2,1H3. The Balaban J connectivity index is 1.41. The number of para-hydroxylation sites is 1. The van der Waals surface area contributed by atoms with E-state index in [1.165, 1.54) is 22.5 Å². The molecular weight excluding hydrogens is 442 g/mol. The smallest absolute Gasteiger partial charge is 0.345 e. The number of hydrazone groups is 1. The summed E-state index contributed by atoms with van der Waals surface area (Å²) in [6.45, 7) is 2.09. The lowest BCUT2D eigenvalue weighted by molar-refractivity contribution is 0.563. The van der Waals surface area contributed by atoms with Crippen molar-refractivity contribution >= 4 is 33.1 Å². The Morgan fingerprint density at radius 2 is 1.74 bits per heavy atom. The molecule has 0 amide bonds. The molecule has 34 heavy (non-hydrogen) atoms. The largest absolute Gasteiger partial charge is 0.422 e. The zero-order valence-electron chi connectivity index (χ0n) is 18.5. The molecule has 1 unspecified atom stereocenters. The summed E-state index contributed by atoms with van der Waals surface area (Å²) in [5, 5.41) is 10.5. The Hall–Kier alpha value is -4.03. The highest BCUT2D eigenvalue weighted by atomic mass is 32.1. The lowest BCUT2D eigenvalue weighted by Crippen LogP contribution is -2.18. The van der Waals surface area contributed by atoms with Gasteiger partial charge in [-0.3, -0.25) is 0 Å². The molecule has 0 saturated carbocycles. The van der Waals surface area contributed by atoms with E-state index in [1.54, 1.807) is 6.07 Å². The third kappa shape index (κ3) is 3.72. The van der Waals surface area contributed by atoms with Crippen LogP contribution in [0, 0.1) is 6.92 Å². The van der Waals surface area contributed by atoms with Crippen molar-refractivity contribution in [3.05, 3.63) is 117 Å². The minimum Gasteiger partial charge on any atom is -0.422 e. The van der Waals surface area contributed by atoms with E-state index in [1.807, 2.05) is 52.9 Å². The van der Waals surface area contributed by atoms with Crippen molar-refractivity contribution in [2.75, 3.05) is 5.01 Å². The molecular formula is C28H21N3O2S. The van der Waals surface area contributed by atoms with E-state index in [-0.39, 0.29) is 11.7 Å². The van der Waals surface area contributed by atoms with Crippen molar-refractivity contribution in [2.45, 2.75) is 19.4 Å². The summed E-state index contributed by atoms with van der Waals surface area (Å²) in [7, 11) is 0. The van der Waals surface area contributed by atoms with Gasteiger partial charge in [0.25, 0.3) is 0 Å². The Morgan fingerprint density at radius 3 is 2.56 bits per heavy atom. The molecule has 0 radical (unpaired) electrons. The van der Waals surface area contributed by atoms with Gasteiger partial charge in [0.05, 0.1) is 23.0 Å². The van der Waals surface area contributed by atoms with Gasteiger partial charge in [-0.25, -0.2) is 14.8 Å². The Morgan fingerprint density at radius 1 is 0.971 bits per heavy atom. The van der Waals surface area contributed by atoms with Crippen molar-refractivity contribution in [3.8, 4) is 11.3 Å². The van der Waals surface area contributed by atoms with Crippen molar-refractivity contribution in [3.63, 3.8) is 0 Å². The van der Waals surface area contributed by atoms with Gasteiger partial charge in [0, 0.05) is 17.2 Å². The van der Waals surface area contributed by atoms with E-state index in [0.717, 1.165) is 28.2 Å². The average molecular weight is 464 g/mol. The predicted molar refractivity (Wildman–Crippen MR) is 138 cm³/mol. The molecule has 6 rings (SSSR count). The first-order valence-electron chi connectivity index (χ1n) is 11.1. The van der Waals surface area contributed by atoms with Crippen LogP contribution in [-0.4, -0.2) is 10.7 Å². The van der Waals surface area contributed by atoms with Gasteiger partial charge in [-0.05, 0) is 30.2 Å². The maximum Gasteiger partial charge on any atom is 0.345 e. The maximum absolute atomic E-state index is 12.7. The SMILES string of the molecule is Cc1ccc(C2CC(c3ccccc3)=NN2c2nc(-c3cc4ccccc4oc3=O)cs2)cc1. The number of anilines is 1. The Labute approximate surface area is 200 Å². The molecule has 0 fully saturated rings. The second kappa shape index (κ2) is 8.39. The first-order chi connectivity index (χ1) is 16.7. The fraction of sp³-hybridized carbons (Fsp3) is 0.107. The average Bonchev–Trinajstić information content (AvgIpc) is 3.52. The summed E-state index contributed by atoms with van der Waals surface area (Å²) in [5.41, 5.74) is 5.77. The van der Waals surface area contributed by atoms with E-state index in [0.29, 0.717) is 16.8 Å². The van der Waals surface area contributed by atoms with Gasteiger partial charge in [-0.2, -0.15) is 5.10 Å². The molecule has 0 saturated heterocycles. The summed E-state index contributed by atoms with van der Waals surface area (Å²) >= 11 is 1.48. The van der Waals surface area contributed by atoms with Crippen LogP contribution < -0.4 is 10.6 Å². The van der Waals surface area contributed by atoms with Crippen LogP contribution in [0.25, 0.3) is 22.2 Å². The zero-order valence-corrected chi connectivity index (χ0v) is 19.3. The van der Waals surface area contributed by atoms with Crippen LogP contribution in [0.3, 0.4) is 0 Å². The van der Waals surface area contributed by atoms with E-state index in [4.69, 9.17) is 14.5 Å². The molecule has 5 nitrogen and oxygen atoms in total. The fourth-order valence-electron chi connectivity index (χ4n) is 4.27. The van der Waals surface area contributed by atoms with E-state index in [9.17, 15) is 4.79 Å². The summed E-state index contributed by atoms with van der Waals surface area (Å²) < 4.78 is 5.53. The minimum absolute atomic E-state index is 0.0304. The lowest BCUT2D eigenvalue weighted by atomic mass is 9.98. The number of rotatable bonds is 4. The lowest BCUT2D eigenvalue weighted by Gasteiger charge is -2.21. The van der Waals surface area contributed by atoms with Gasteiger partial charge >= 0.3 is 5.63 Å². The number of nitrogens with zero attached hydrogens (tertiary/aromatic N) is 3. The summed E-state index contributed by atoms with van der Waals surface area (Å²) in [5.74, 6) is 0. The quantitative estimate of drug-likeness (QED) is 0.283. The van der Waals surface area contributed by atoms with Crippen LogP contribution in [0.1, 0.15) is 29.2 Å². The number of hydrogen-bond donors (Lipinski definition) is 0. The molecule has 1 aliphatic heterocycles. The van der Waals surface area contributed by atoms with Crippen molar-refractivity contribution in [2.24, 2.45) is 5.10 Å². The van der Waals surface area contributed by atoms with Crippen LogP contribution in [0.5, 0.6) is 0 Å². The second-order valence-electron chi connectivity index (χ2n) is 8.39. The molecule has 1 aliphatic rings. The van der Waals surface area contributed by atoms with Gasteiger partial charge in [0.2, 0.25) is 5.13 Å². The Bertz CT molecular complexity index is 1570. The van der Waals surface area contributed by atoms with Gasteiger partial charge in [-0.15, -0.1) is 11.3 Å². The van der Waals surface area contributed by atoms with Crippen LogP contribution in [0.2, 0.25) is 0 Å². The third-order valence-electron chi connectivity index (χ3n) is 6.08. The van der Waals surface area contributed by atoms with Crippen molar-refractivity contribution in [1.82, 2.24) is 4.98 Å². The van der Waals surface area contributed by atoms with E-state index >= 15 is 0 Å².